The molecule has 0 N–H and O–H groups in total. The SMILES string of the molecule is O=[N+]([O-])c1ccc(S(=O)(=O)N2N=C(c3ccccc3)C[C@]2(/C=C/CI)c2ccccc2)cc1. The van der Waals surface area contributed by atoms with Gasteiger partial charge in [-0.2, -0.15) is 17.9 Å². The van der Waals surface area contributed by atoms with Crippen molar-refractivity contribution in [2.75, 3.05) is 4.43 Å². The first kappa shape index (κ1) is 23.1. The van der Waals surface area contributed by atoms with Crippen LogP contribution in [-0.4, -0.2) is 27.9 Å². The highest BCUT2D eigenvalue weighted by molar-refractivity contribution is 14.1. The van der Waals surface area contributed by atoms with Crippen LogP contribution in [0.4, 0.5) is 5.69 Å². The number of rotatable bonds is 7. The van der Waals surface area contributed by atoms with Gasteiger partial charge in [0.25, 0.3) is 15.7 Å². The first-order chi connectivity index (χ1) is 15.9. The Morgan fingerprint density at radius 1 is 1.00 bits per heavy atom. The topological polar surface area (TPSA) is 92.9 Å². The number of allylic oxidation sites excluding steroid dienone is 1. The molecule has 1 atom stereocenters. The summed E-state index contributed by atoms with van der Waals surface area (Å²) >= 11 is 2.21. The van der Waals surface area contributed by atoms with E-state index in [1.807, 2.05) is 72.8 Å². The largest absolute Gasteiger partial charge is 0.280 e. The van der Waals surface area contributed by atoms with Crippen molar-refractivity contribution in [1.29, 1.82) is 0 Å². The average molecular weight is 573 g/mol. The molecule has 0 bridgehead atoms. The second-order valence-corrected chi connectivity index (χ2v) is 10.1. The number of hydrogen-bond donors (Lipinski definition) is 0. The van der Waals surface area contributed by atoms with Crippen LogP contribution in [0.25, 0.3) is 0 Å². The van der Waals surface area contributed by atoms with E-state index in [2.05, 4.69) is 27.7 Å². The summed E-state index contributed by atoms with van der Waals surface area (Å²) in [6.45, 7) is 0. The maximum Gasteiger partial charge on any atom is 0.280 e. The zero-order valence-corrected chi connectivity index (χ0v) is 20.4. The van der Waals surface area contributed by atoms with Crippen LogP contribution in [-0.2, 0) is 15.6 Å². The van der Waals surface area contributed by atoms with E-state index in [0.717, 1.165) is 15.5 Å². The number of alkyl halides is 1. The molecule has 0 unspecified atom stereocenters. The first-order valence-electron chi connectivity index (χ1n) is 10.1. The zero-order chi connectivity index (χ0) is 23.5. The quantitative estimate of drug-likeness (QED) is 0.126. The minimum absolute atomic E-state index is 0.0608. The lowest BCUT2D eigenvalue weighted by molar-refractivity contribution is -0.384. The molecule has 1 aliphatic heterocycles. The van der Waals surface area contributed by atoms with Gasteiger partial charge in [0, 0.05) is 23.0 Å². The Morgan fingerprint density at radius 3 is 2.18 bits per heavy atom. The van der Waals surface area contributed by atoms with Crippen molar-refractivity contribution in [3.8, 4) is 0 Å². The maximum atomic E-state index is 13.9. The van der Waals surface area contributed by atoms with E-state index in [1.54, 1.807) is 0 Å². The Hall–Kier alpha value is -3.05. The zero-order valence-electron chi connectivity index (χ0n) is 17.4. The van der Waals surface area contributed by atoms with Crippen LogP contribution >= 0.6 is 22.6 Å². The summed E-state index contributed by atoms with van der Waals surface area (Å²) in [5.41, 5.74) is 1.01. The first-order valence-corrected chi connectivity index (χ1v) is 13.1. The molecule has 1 heterocycles. The minimum Gasteiger partial charge on any atom is -0.258 e. The average Bonchev–Trinajstić information content (AvgIpc) is 3.26. The second kappa shape index (κ2) is 9.44. The molecule has 7 nitrogen and oxygen atoms in total. The Bertz CT molecular complexity index is 1310. The van der Waals surface area contributed by atoms with Crippen LogP contribution in [0.15, 0.2) is 107 Å². The number of hydrogen-bond acceptors (Lipinski definition) is 5. The molecule has 1 aliphatic rings. The normalized spacial score (nSPS) is 18.5. The molecular formula is C24H20IN3O4S. The molecule has 9 heteroatoms. The molecule has 0 radical (unpaired) electrons. The third kappa shape index (κ3) is 4.42. The fourth-order valence-electron chi connectivity index (χ4n) is 3.85. The lowest BCUT2D eigenvalue weighted by Crippen LogP contribution is -2.42. The van der Waals surface area contributed by atoms with Gasteiger partial charge in [-0.1, -0.05) is 95.4 Å². The smallest absolute Gasteiger partial charge is 0.258 e. The third-order valence-corrected chi connectivity index (χ3v) is 7.67. The Labute approximate surface area is 205 Å². The van der Waals surface area contributed by atoms with Crippen LogP contribution in [0.5, 0.6) is 0 Å². The summed E-state index contributed by atoms with van der Waals surface area (Å²) < 4.78 is 29.6. The van der Waals surface area contributed by atoms with Gasteiger partial charge in [0.2, 0.25) is 0 Å². The lowest BCUT2D eigenvalue weighted by atomic mass is 9.84. The fourth-order valence-corrected chi connectivity index (χ4v) is 5.65. The van der Waals surface area contributed by atoms with E-state index < -0.39 is 20.5 Å². The van der Waals surface area contributed by atoms with E-state index in [9.17, 15) is 18.5 Å². The predicted molar refractivity (Wildman–Crippen MR) is 136 cm³/mol. The molecule has 0 amide bonds. The van der Waals surface area contributed by atoms with Crippen molar-refractivity contribution < 1.29 is 13.3 Å². The van der Waals surface area contributed by atoms with Crippen molar-refractivity contribution >= 4 is 44.0 Å². The van der Waals surface area contributed by atoms with E-state index in [1.165, 1.54) is 24.3 Å². The van der Waals surface area contributed by atoms with Crippen molar-refractivity contribution in [3.63, 3.8) is 0 Å². The standard InChI is InChI=1S/C24H20IN3O4S/c25-17-7-16-24(20-10-5-2-6-11-20)18-23(19-8-3-1-4-9-19)26-28(24)33(31,32)22-14-12-21(13-15-22)27(29)30/h1-16H,17-18H2/b16-7+/t24-/m1/s1. The van der Waals surface area contributed by atoms with Gasteiger partial charge in [-0.05, 0) is 23.3 Å². The number of hydrazone groups is 1. The summed E-state index contributed by atoms with van der Waals surface area (Å²) in [5.74, 6) is 0. The Morgan fingerprint density at radius 2 is 1.61 bits per heavy atom. The molecule has 0 aliphatic carbocycles. The molecule has 3 aromatic carbocycles. The van der Waals surface area contributed by atoms with Gasteiger partial charge < -0.3 is 0 Å². The number of nitro benzene ring substituents is 1. The van der Waals surface area contributed by atoms with Gasteiger partial charge in [-0.15, -0.1) is 0 Å². The molecule has 3 aromatic rings. The van der Waals surface area contributed by atoms with Gasteiger partial charge in [-0.3, -0.25) is 10.1 Å². The van der Waals surface area contributed by atoms with Gasteiger partial charge in [-0.25, -0.2) is 0 Å². The van der Waals surface area contributed by atoms with E-state index >= 15 is 0 Å². The number of sulfonamides is 1. The van der Waals surface area contributed by atoms with Crippen molar-refractivity contribution in [2.24, 2.45) is 5.10 Å². The summed E-state index contributed by atoms with van der Waals surface area (Å²) in [7, 11) is -4.14. The molecule has 0 spiro atoms. The number of nitrogens with zero attached hydrogens (tertiary/aromatic N) is 3. The Balaban J connectivity index is 1.91. The minimum atomic E-state index is -4.14. The maximum absolute atomic E-state index is 13.9. The molecule has 4 rings (SSSR count). The summed E-state index contributed by atoms with van der Waals surface area (Å²) in [4.78, 5) is 10.4. The summed E-state index contributed by atoms with van der Waals surface area (Å²) in [6.07, 6.45) is 4.16. The molecular weight excluding hydrogens is 553 g/mol. The molecule has 0 saturated heterocycles. The van der Waals surface area contributed by atoms with Gasteiger partial charge in [0.15, 0.2) is 0 Å². The van der Waals surface area contributed by atoms with Crippen molar-refractivity contribution in [1.82, 2.24) is 4.41 Å². The Kier molecular flexibility index (Phi) is 6.61. The van der Waals surface area contributed by atoms with Crippen LogP contribution in [0.3, 0.4) is 0 Å². The van der Waals surface area contributed by atoms with Crippen molar-refractivity contribution in [2.45, 2.75) is 16.9 Å². The molecule has 168 valence electrons. The molecule has 33 heavy (non-hydrogen) atoms. The van der Waals surface area contributed by atoms with E-state index in [-0.39, 0.29) is 10.6 Å². The van der Waals surface area contributed by atoms with Crippen LogP contribution in [0.2, 0.25) is 0 Å². The van der Waals surface area contributed by atoms with Crippen LogP contribution in [0, 0.1) is 10.1 Å². The second-order valence-electron chi connectivity index (χ2n) is 7.44. The monoisotopic (exact) mass is 573 g/mol. The van der Waals surface area contributed by atoms with Crippen molar-refractivity contribution in [3.05, 3.63) is 118 Å². The highest BCUT2D eigenvalue weighted by atomic mass is 127. The van der Waals surface area contributed by atoms with Gasteiger partial charge >= 0.3 is 0 Å². The van der Waals surface area contributed by atoms with E-state index in [0.29, 0.717) is 16.6 Å². The highest BCUT2D eigenvalue weighted by Gasteiger charge is 2.48. The fraction of sp³-hybridized carbons (Fsp3) is 0.125. The number of non-ortho nitro benzene ring substituents is 1. The van der Waals surface area contributed by atoms with Crippen LogP contribution < -0.4 is 0 Å². The van der Waals surface area contributed by atoms with Crippen LogP contribution in [0.1, 0.15) is 17.5 Å². The van der Waals surface area contributed by atoms with E-state index in [4.69, 9.17) is 0 Å². The summed E-state index contributed by atoms with van der Waals surface area (Å²) in [5, 5.41) is 15.7. The van der Waals surface area contributed by atoms with Gasteiger partial charge in [0.1, 0.15) is 5.54 Å². The summed E-state index contributed by atoms with van der Waals surface area (Å²) in [6, 6.07) is 23.7. The molecule has 0 saturated carbocycles. The molecule has 0 aromatic heterocycles. The number of nitro groups is 1. The number of benzene rings is 3. The third-order valence-electron chi connectivity index (χ3n) is 5.43. The lowest BCUT2D eigenvalue weighted by Gasteiger charge is -2.34. The highest BCUT2D eigenvalue weighted by Crippen LogP contribution is 2.44. The molecule has 0 fully saturated rings. The predicted octanol–water partition coefficient (Wildman–Crippen LogP) is 5.28. The van der Waals surface area contributed by atoms with Gasteiger partial charge in [0.05, 0.1) is 15.5 Å². The number of halogens is 1.